The van der Waals surface area contributed by atoms with Crippen LogP contribution in [0.2, 0.25) is 0 Å². The average Bonchev–Trinajstić information content (AvgIpc) is 2.73. The standard InChI is InChI=1S/C28H46O4/c1-6-8-10-12-14-16-18-26(29)31-24-21-20-23(28(3,4)5)22-25(24)32-27(30)19-17-15-13-11-9-7-2/h20-22H,6-19H2,1-5H3. The summed E-state index contributed by atoms with van der Waals surface area (Å²) in [6.45, 7) is 10.7. The van der Waals surface area contributed by atoms with Crippen LogP contribution in [0.15, 0.2) is 18.2 Å². The number of benzene rings is 1. The first kappa shape index (κ1) is 28.2. The van der Waals surface area contributed by atoms with E-state index in [2.05, 4.69) is 34.6 Å². The second kappa shape index (κ2) is 15.9. The number of ether oxygens (including phenoxy) is 2. The fraction of sp³-hybridized carbons (Fsp3) is 0.714. The lowest BCUT2D eigenvalue weighted by molar-refractivity contribution is -0.137. The number of hydrogen-bond donors (Lipinski definition) is 0. The van der Waals surface area contributed by atoms with Crippen LogP contribution in [0.3, 0.4) is 0 Å². The number of rotatable bonds is 16. The van der Waals surface area contributed by atoms with E-state index in [1.54, 1.807) is 6.07 Å². The molecule has 0 amide bonds. The molecule has 4 heteroatoms. The quantitative estimate of drug-likeness (QED) is 0.146. The summed E-state index contributed by atoms with van der Waals surface area (Å²) in [5, 5.41) is 0. The van der Waals surface area contributed by atoms with Crippen molar-refractivity contribution in [1.82, 2.24) is 0 Å². The monoisotopic (exact) mass is 446 g/mol. The van der Waals surface area contributed by atoms with E-state index in [9.17, 15) is 9.59 Å². The molecule has 4 nitrogen and oxygen atoms in total. The molecule has 0 saturated heterocycles. The summed E-state index contributed by atoms with van der Waals surface area (Å²) in [6, 6.07) is 5.54. The lowest BCUT2D eigenvalue weighted by atomic mass is 9.87. The Labute approximate surface area is 196 Å². The third kappa shape index (κ3) is 12.3. The summed E-state index contributed by atoms with van der Waals surface area (Å²) < 4.78 is 11.3. The number of hydrogen-bond acceptors (Lipinski definition) is 4. The van der Waals surface area contributed by atoms with Gasteiger partial charge in [0.2, 0.25) is 0 Å². The Hall–Kier alpha value is -1.84. The van der Waals surface area contributed by atoms with Gasteiger partial charge in [0, 0.05) is 12.8 Å². The van der Waals surface area contributed by atoms with Gasteiger partial charge < -0.3 is 9.47 Å². The highest BCUT2D eigenvalue weighted by molar-refractivity contribution is 5.76. The first-order chi connectivity index (χ1) is 15.3. The van der Waals surface area contributed by atoms with Crippen LogP contribution in [0.4, 0.5) is 0 Å². The minimum absolute atomic E-state index is 0.0958. The van der Waals surface area contributed by atoms with E-state index in [1.807, 2.05) is 12.1 Å². The maximum Gasteiger partial charge on any atom is 0.311 e. The summed E-state index contributed by atoms with van der Waals surface area (Å²) in [4.78, 5) is 24.8. The molecule has 0 bridgehead atoms. The summed E-state index contributed by atoms with van der Waals surface area (Å²) in [6.07, 6.45) is 14.2. The molecule has 0 N–H and O–H groups in total. The van der Waals surface area contributed by atoms with Gasteiger partial charge in [-0.05, 0) is 36.0 Å². The molecule has 32 heavy (non-hydrogen) atoms. The maximum absolute atomic E-state index is 12.4. The lowest BCUT2D eigenvalue weighted by Gasteiger charge is -2.21. The molecule has 0 saturated carbocycles. The van der Waals surface area contributed by atoms with Crippen molar-refractivity contribution in [2.24, 2.45) is 0 Å². The minimum atomic E-state index is -0.266. The van der Waals surface area contributed by atoms with Crippen LogP contribution < -0.4 is 9.47 Å². The van der Waals surface area contributed by atoms with Gasteiger partial charge in [0.15, 0.2) is 11.5 Å². The molecule has 0 heterocycles. The number of unbranched alkanes of at least 4 members (excludes halogenated alkanes) is 10. The molecule has 0 atom stereocenters. The second-order valence-corrected chi connectivity index (χ2v) is 9.90. The van der Waals surface area contributed by atoms with Crippen molar-refractivity contribution in [2.45, 2.75) is 130 Å². The average molecular weight is 447 g/mol. The molecule has 0 aliphatic rings. The SMILES string of the molecule is CCCCCCCCC(=O)Oc1ccc(C(C)(C)C)cc1OC(=O)CCCCCCCC. The van der Waals surface area contributed by atoms with Crippen LogP contribution in [-0.4, -0.2) is 11.9 Å². The van der Waals surface area contributed by atoms with Crippen LogP contribution in [-0.2, 0) is 15.0 Å². The van der Waals surface area contributed by atoms with Crippen LogP contribution in [0.25, 0.3) is 0 Å². The summed E-state index contributed by atoms with van der Waals surface area (Å²) in [7, 11) is 0. The Morgan fingerprint density at radius 1 is 0.656 bits per heavy atom. The highest BCUT2D eigenvalue weighted by atomic mass is 16.6. The fourth-order valence-corrected chi connectivity index (χ4v) is 3.59. The predicted molar refractivity (Wildman–Crippen MR) is 132 cm³/mol. The van der Waals surface area contributed by atoms with E-state index in [1.165, 1.54) is 38.5 Å². The second-order valence-electron chi connectivity index (χ2n) is 9.90. The van der Waals surface area contributed by atoms with E-state index >= 15 is 0 Å². The molecule has 1 aromatic carbocycles. The van der Waals surface area contributed by atoms with Gasteiger partial charge in [-0.25, -0.2) is 0 Å². The van der Waals surface area contributed by atoms with Gasteiger partial charge >= 0.3 is 11.9 Å². The first-order valence-corrected chi connectivity index (χ1v) is 12.8. The smallest absolute Gasteiger partial charge is 0.311 e. The molecule has 0 radical (unpaired) electrons. The third-order valence-electron chi connectivity index (χ3n) is 5.73. The Morgan fingerprint density at radius 3 is 1.56 bits per heavy atom. The van der Waals surface area contributed by atoms with Crippen LogP contribution in [0.5, 0.6) is 11.5 Å². The molecule has 0 spiro atoms. The number of carbonyl (C=O) groups is 2. The normalized spacial score (nSPS) is 11.4. The Kier molecular flexibility index (Phi) is 14.0. The van der Waals surface area contributed by atoms with Crippen molar-refractivity contribution in [2.75, 3.05) is 0 Å². The van der Waals surface area contributed by atoms with Gasteiger partial charge in [-0.2, -0.15) is 0 Å². The highest BCUT2D eigenvalue weighted by Gasteiger charge is 2.20. The number of carbonyl (C=O) groups excluding carboxylic acids is 2. The van der Waals surface area contributed by atoms with Crippen LogP contribution in [0.1, 0.15) is 130 Å². The van der Waals surface area contributed by atoms with Crippen molar-refractivity contribution in [3.05, 3.63) is 23.8 Å². The van der Waals surface area contributed by atoms with Crippen molar-refractivity contribution in [1.29, 1.82) is 0 Å². The highest BCUT2D eigenvalue weighted by Crippen LogP contribution is 2.34. The Balaban J connectivity index is 2.65. The van der Waals surface area contributed by atoms with Crippen molar-refractivity contribution in [3.63, 3.8) is 0 Å². The third-order valence-corrected chi connectivity index (χ3v) is 5.73. The van der Waals surface area contributed by atoms with E-state index in [0.29, 0.717) is 24.3 Å². The topological polar surface area (TPSA) is 52.6 Å². The van der Waals surface area contributed by atoms with Crippen molar-refractivity contribution < 1.29 is 19.1 Å². The van der Waals surface area contributed by atoms with Gasteiger partial charge in [0.05, 0.1) is 0 Å². The van der Waals surface area contributed by atoms with E-state index in [-0.39, 0.29) is 17.4 Å². The summed E-state index contributed by atoms with van der Waals surface area (Å²) in [5.41, 5.74) is 0.942. The van der Waals surface area contributed by atoms with Gasteiger partial charge in [-0.15, -0.1) is 0 Å². The van der Waals surface area contributed by atoms with Gasteiger partial charge in [-0.3, -0.25) is 9.59 Å². The molecular weight excluding hydrogens is 400 g/mol. The number of esters is 2. The molecule has 0 aliphatic carbocycles. The Bertz CT molecular complexity index is 673. The zero-order valence-electron chi connectivity index (χ0n) is 21.3. The fourth-order valence-electron chi connectivity index (χ4n) is 3.59. The van der Waals surface area contributed by atoms with E-state index in [4.69, 9.17) is 9.47 Å². The largest absolute Gasteiger partial charge is 0.423 e. The maximum atomic E-state index is 12.4. The van der Waals surface area contributed by atoms with Crippen molar-refractivity contribution in [3.8, 4) is 11.5 Å². The molecular formula is C28H46O4. The molecule has 1 aromatic rings. The van der Waals surface area contributed by atoms with Gasteiger partial charge in [0.1, 0.15) is 0 Å². The first-order valence-electron chi connectivity index (χ1n) is 12.8. The van der Waals surface area contributed by atoms with Crippen molar-refractivity contribution >= 4 is 11.9 Å². The Morgan fingerprint density at radius 2 is 1.09 bits per heavy atom. The van der Waals surface area contributed by atoms with E-state index in [0.717, 1.165) is 44.1 Å². The molecule has 0 unspecified atom stereocenters. The molecule has 0 aliphatic heterocycles. The van der Waals surface area contributed by atoms with Crippen LogP contribution in [0, 0.1) is 0 Å². The van der Waals surface area contributed by atoms with E-state index < -0.39 is 0 Å². The summed E-state index contributed by atoms with van der Waals surface area (Å²) in [5.74, 6) is 0.159. The van der Waals surface area contributed by atoms with Gasteiger partial charge in [-0.1, -0.05) is 105 Å². The molecule has 182 valence electrons. The zero-order chi connectivity index (χ0) is 23.8. The molecule has 0 aromatic heterocycles. The van der Waals surface area contributed by atoms with Crippen LogP contribution >= 0.6 is 0 Å². The molecule has 1 rings (SSSR count). The summed E-state index contributed by atoms with van der Waals surface area (Å²) >= 11 is 0. The zero-order valence-corrected chi connectivity index (χ0v) is 21.3. The lowest BCUT2D eigenvalue weighted by Crippen LogP contribution is -2.15. The predicted octanol–water partition coefficient (Wildman–Crippen LogP) is 8.30. The minimum Gasteiger partial charge on any atom is -0.423 e. The molecule has 0 fully saturated rings. The van der Waals surface area contributed by atoms with Gasteiger partial charge in [0.25, 0.3) is 0 Å².